The van der Waals surface area contributed by atoms with Crippen molar-refractivity contribution in [2.24, 2.45) is 0 Å². The van der Waals surface area contributed by atoms with E-state index in [0.717, 1.165) is 0 Å². The first-order chi connectivity index (χ1) is 8.61. The highest BCUT2D eigenvalue weighted by Crippen LogP contribution is 2.12. The molecule has 1 atom stereocenters. The van der Waals surface area contributed by atoms with Crippen LogP contribution in [0, 0.1) is 6.92 Å². The minimum atomic E-state index is -0.486. The molecule has 3 nitrogen and oxygen atoms in total. The number of pyridine rings is 1. The summed E-state index contributed by atoms with van der Waals surface area (Å²) in [5, 5.41) is 0. The number of carbonyl (C=O) groups is 1. The quantitative estimate of drug-likeness (QED) is 0.775. The van der Waals surface area contributed by atoms with Gasteiger partial charge in [-0.3, -0.25) is 9.59 Å². The minimum Gasteiger partial charge on any atom is -0.305 e. The molecule has 2 aromatic rings. The first-order valence-corrected chi connectivity index (χ1v) is 5.88. The maximum atomic E-state index is 12.2. The van der Waals surface area contributed by atoms with E-state index in [1.165, 1.54) is 4.57 Å². The van der Waals surface area contributed by atoms with Crippen LogP contribution in [0.4, 0.5) is 0 Å². The van der Waals surface area contributed by atoms with E-state index < -0.39 is 6.04 Å². The van der Waals surface area contributed by atoms with Crippen molar-refractivity contribution in [2.45, 2.75) is 19.9 Å². The molecule has 1 aromatic heterocycles. The van der Waals surface area contributed by atoms with Crippen molar-refractivity contribution in [3.8, 4) is 0 Å². The van der Waals surface area contributed by atoms with E-state index in [-0.39, 0.29) is 11.3 Å². The largest absolute Gasteiger partial charge is 0.305 e. The molecule has 0 aliphatic carbocycles. The summed E-state index contributed by atoms with van der Waals surface area (Å²) in [4.78, 5) is 24.2. The smallest absolute Gasteiger partial charge is 0.254 e. The van der Waals surface area contributed by atoms with Crippen molar-refractivity contribution in [3.63, 3.8) is 0 Å². The molecule has 0 bridgehead atoms. The topological polar surface area (TPSA) is 39.1 Å². The Labute approximate surface area is 106 Å². The number of carbonyl (C=O) groups excluding carboxylic acids is 1. The third-order valence-corrected chi connectivity index (χ3v) is 3.02. The molecule has 0 radical (unpaired) electrons. The molecule has 0 amide bonds. The van der Waals surface area contributed by atoms with Gasteiger partial charge in [-0.25, -0.2) is 0 Å². The van der Waals surface area contributed by atoms with E-state index in [2.05, 4.69) is 0 Å². The Morgan fingerprint density at radius 3 is 2.44 bits per heavy atom. The Bertz CT molecular complexity index is 614. The van der Waals surface area contributed by atoms with Crippen molar-refractivity contribution in [3.05, 3.63) is 70.1 Å². The fourth-order valence-corrected chi connectivity index (χ4v) is 1.90. The van der Waals surface area contributed by atoms with Crippen LogP contribution in [0.1, 0.15) is 28.9 Å². The second kappa shape index (κ2) is 5.00. The molecule has 92 valence electrons. The highest BCUT2D eigenvalue weighted by molar-refractivity contribution is 5.98. The summed E-state index contributed by atoms with van der Waals surface area (Å²) in [5.74, 6) is -0.0525. The lowest BCUT2D eigenvalue weighted by Crippen LogP contribution is -2.28. The Morgan fingerprint density at radius 1 is 1.11 bits per heavy atom. The highest BCUT2D eigenvalue weighted by Gasteiger charge is 2.17. The first-order valence-electron chi connectivity index (χ1n) is 5.88. The lowest BCUT2D eigenvalue weighted by molar-refractivity contribution is 0.0933. The predicted molar refractivity (Wildman–Crippen MR) is 70.9 cm³/mol. The summed E-state index contributed by atoms with van der Waals surface area (Å²) in [6, 6.07) is 12.1. The molecule has 1 aromatic carbocycles. The Morgan fingerprint density at radius 2 is 1.78 bits per heavy atom. The summed E-state index contributed by atoms with van der Waals surface area (Å²) in [6.07, 6.45) is 1.65. The zero-order valence-electron chi connectivity index (χ0n) is 10.5. The average molecular weight is 241 g/mol. The number of aromatic nitrogens is 1. The summed E-state index contributed by atoms with van der Waals surface area (Å²) in [7, 11) is 0. The number of aryl methyl sites for hydroxylation is 1. The SMILES string of the molecule is Cc1cccn(C(C)C(=O)c2ccccc2)c1=O. The van der Waals surface area contributed by atoms with Crippen molar-refractivity contribution in [1.29, 1.82) is 0 Å². The Hall–Kier alpha value is -2.16. The first kappa shape index (κ1) is 12.3. The zero-order valence-corrected chi connectivity index (χ0v) is 10.5. The molecule has 0 aliphatic rings. The molecule has 0 spiro atoms. The molecular formula is C15H15NO2. The fourth-order valence-electron chi connectivity index (χ4n) is 1.90. The fraction of sp³-hybridized carbons (Fsp3) is 0.200. The van der Waals surface area contributed by atoms with Gasteiger partial charge < -0.3 is 4.57 Å². The number of nitrogens with zero attached hydrogens (tertiary/aromatic N) is 1. The number of rotatable bonds is 3. The van der Waals surface area contributed by atoms with Crippen LogP contribution in [-0.4, -0.2) is 10.4 Å². The molecular weight excluding hydrogens is 226 g/mol. The van der Waals surface area contributed by atoms with Gasteiger partial charge in [0, 0.05) is 17.3 Å². The van der Waals surface area contributed by atoms with Gasteiger partial charge in [0.05, 0.1) is 6.04 Å². The normalized spacial score (nSPS) is 12.1. The van der Waals surface area contributed by atoms with Crippen LogP contribution >= 0.6 is 0 Å². The highest BCUT2D eigenvalue weighted by atomic mass is 16.1. The van der Waals surface area contributed by atoms with Gasteiger partial charge in [0.1, 0.15) is 0 Å². The van der Waals surface area contributed by atoms with Crippen molar-refractivity contribution in [2.75, 3.05) is 0 Å². The standard InChI is InChI=1S/C15H15NO2/c1-11-7-6-10-16(15(11)18)12(2)14(17)13-8-4-3-5-9-13/h3-10,12H,1-2H3. The van der Waals surface area contributed by atoms with Crippen molar-refractivity contribution < 1.29 is 4.79 Å². The molecule has 0 saturated carbocycles. The maximum absolute atomic E-state index is 12.2. The van der Waals surface area contributed by atoms with Crippen LogP contribution in [0.5, 0.6) is 0 Å². The van der Waals surface area contributed by atoms with Gasteiger partial charge in [-0.05, 0) is 19.9 Å². The number of benzene rings is 1. The monoisotopic (exact) mass is 241 g/mol. The van der Waals surface area contributed by atoms with Gasteiger partial charge in [-0.2, -0.15) is 0 Å². The molecule has 1 heterocycles. The van der Waals surface area contributed by atoms with Gasteiger partial charge in [-0.15, -0.1) is 0 Å². The maximum Gasteiger partial charge on any atom is 0.254 e. The molecule has 0 fully saturated rings. The van der Waals surface area contributed by atoms with E-state index in [4.69, 9.17) is 0 Å². The molecule has 0 N–H and O–H groups in total. The zero-order chi connectivity index (χ0) is 13.1. The third kappa shape index (κ3) is 2.25. The van der Waals surface area contributed by atoms with E-state index in [9.17, 15) is 9.59 Å². The summed E-state index contributed by atoms with van der Waals surface area (Å²) < 4.78 is 1.48. The van der Waals surface area contributed by atoms with Crippen LogP contribution < -0.4 is 5.56 Å². The molecule has 2 rings (SSSR count). The second-order valence-corrected chi connectivity index (χ2v) is 4.31. The molecule has 0 aliphatic heterocycles. The molecule has 3 heteroatoms. The van der Waals surface area contributed by atoms with Crippen molar-refractivity contribution >= 4 is 5.78 Å². The Balaban J connectivity index is 2.38. The summed E-state index contributed by atoms with van der Waals surface area (Å²) in [5.41, 5.74) is 1.15. The molecule has 1 unspecified atom stereocenters. The molecule has 18 heavy (non-hydrogen) atoms. The lowest BCUT2D eigenvalue weighted by atomic mass is 10.1. The minimum absolute atomic E-state index is 0.0525. The third-order valence-electron chi connectivity index (χ3n) is 3.02. The van der Waals surface area contributed by atoms with Gasteiger partial charge in [0.25, 0.3) is 5.56 Å². The van der Waals surface area contributed by atoms with E-state index in [0.29, 0.717) is 11.1 Å². The Kier molecular flexibility index (Phi) is 3.42. The van der Waals surface area contributed by atoms with Crippen LogP contribution in [0.3, 0.4) is 0 Å². The van der Waals surface area contributed by atoms with E-state index >= 15 is 0 Å². The van der Waals surface area contributed by atoms with Crippen LogP contribution in [0.2, 0.25) is 0 Å². The number of hydrogen-bond donors (Lipinski definition) is 0. The van der Waals surface area contributed by atoms with Crippen LogP contribution in [0.25, 0.3) is 0 Å². The number of ketones is 1. The van der Waals surface area contributed by atoms with Crippen LogP contribution in [0.15, 0.2) is 53.5 Å². The van der Waals surface area contributed by atoms with Gasteiger partial charge in [0.15, 0.2) is 5.78 Å². The summed E-state index contributed by atoms with van der Waals surface area (Å²) in [6.45, 7) is 3.49. The van der Waals surface area contributed by atoms with Crippen LogP contribution in [-0.2, 0) is 0 Å². The average Bonchev–Trinajstić information content (AvgIpc) is 2.41. The predicted octanol–water partition coefficient (Wildman–Crippen LogP) is 2.60. The van der Waals surface area contributed by atoms with E-state index in [1.807, 2.05) is 18.2 Å². The van der Waals surface area contributed by atoms with Gasteiger partial charge in [0.2, 0.25) is 0 Å². The van der Waals surface area contributed by atoms with Gasteiger partial charge >= 0.3 is 0 Å². The second-order valence-electron chi connectivity index (χ2n) is 4.31. The molecule has 0 saturated heterocycles. The number of Topliss-reactive ketones (excluding diaryl/α,β-unsaturated/α-hetero) is 1. The van der Waals surface area contributed by atoms with E-state index in [1.54, 1.807) is 44.3 Å². The van der Waals surface area contributed by atoms with Gasteiger partial charge in [-0.1, -0.05) is 36.4 Å². The number of hydrogen-bond acceptors (Lipinski definition) is 2. The summed E-state index contributed by atoms with van der Waals surface area (Å²) >= 11 is 0. The van der Waals surface area contributed by atoms with Crippen molar-refractivity contribution in [1.82, 2.24) is 4.57 Å². The lowest BCUT2D eigenvalue weighted by Gasteiger charge is -2.14.